The van der Waals surface area contributed by atoms with Crippen molar-refractivity contribution in [3.8, 4) is 0 Å². The summed E-state index contributed by atoms with van der Waals surface area (Å²) >= 11 is 0. The van der Waals surface area contributed by atoms with Crippen molar-refractivity contribution < 1.29 is 17.9 Å². The summed E-state index contributed by atoms with van der Waals surface area (Å²) in [5.41, 5.74) is 4.69. The second-order valence-corrected chi connectivity index (χ2v) is 6.33. The lowest BCUT2D eigenvalue weighted by molar-refractivity contribution is 0.246. The van der Waals surface area contributed by atoms with E-state index in [9.17, 15) is 12.8 Å². The van der Waals surface area contributed by atoms with E-state index in [-0.39, 0.29) is 22.8 Å². The molecule has 0 heterocycles. The van der Waals surface area contributed by atoms with Crippen LogP contribution in [0.3, 0.4) is 0 Å². The molecule has 18 heavy (non-hydrogen) atoms. The second kappa shape index (κ2) is 4.18. The van der Waals surface area contributed by atoms with Crippen LogP contribution in [0.15, 0.2) is 17.0 Å². The summed E-state index contributed by atoms with van der Waals surface area (Å²) in [7, 11) is -3.79. The number of halogens is 1. The third-order valence-electron chi connectivity index (χ3n) is 3.09. The highest BCUT2D eigenvalue weighted by atomic mass is 32.2. The van der Waals surface area contributed by atoms with Crippen LogP contribution < -0.4 is 10.5 Å². The molecule has 5 nitrogen and oxygen atoms in total. The molecule has 0 aliphatic heterocycles. The van der Waals surface area contributed by atoms with E-state index in [0.717, 1.165) is 12.1 Å². The molecule has 0 radical (unpaired) electrons. The lowest BCUT2D eigenvalue weighted by atomic mass is 10.2. The van der Waals surface area contributed by atoms with Crippen molar-refractivity contribution in [1.82, 2.24) is 4.72 Å². The Bertz CT molecular complexity index is 582. The normalized spacial score (nSPS) is 17.7. The summed E-state index contributed by atoms with van der Waals surface area (Å²) in [5.74, 6) is -0.644. The Morgan fingerprint density at radius 3 is 2.61 bits per heavy atom. The van der Waals surface area contributed by atoms with Gasteiger partial charge in [0.15, 0.2) is 0 Å². The van der Waals surface area contributed by atoms with Crippen molar-refractivity contribution >= 4 is 15.7 Å². The average Bonchev–Trinajstić information content (AvgIpc) is 3.03. The summed E-state index contributed by atoms with van der Waals surface area (Å²) < 4.78 is 39.9. The molecule has 0 aromatic heterocycles. The van der Waals surface area contributed by atoms with Crippen LogP contribution in [-0.4, -0.2) is 25.7 Å². The second-order valence-electron chi connectivity index (χ2n) is 4.68. The van der Waals surface area contributed by atoms with Crippen molar-refractivity contribution in [2.24, 2.45) is 0 Å². The molecule has 1 aromatic rings. The van der Waals surface area contributed by atoms with Gasteiger partial charge < -0.3 is 10.8 Å². The third kappa shape index (κ3) is 2.33. The molecule has 0 saturated heterocycles. The van der Waals surface area contributed by atoms with Gasteiger partial charge >= 0.3 is 0 Å². The van der Waals surface area contributed by atoms with Gasteiger partial charge in [-0.2, -0.15) is 0 Å². The number of nitrogens with one attached hydrogen (secondary N) is 1. The predicted octanol–water partition coefficient (Wildman–Crippen LogP) is 0.520. The van der Waals surface area contributed by atoms with Crippen LogP contribution in [0.2, 0.25) is 0 Å². The number of aliphatic hydroxyl groups is 1. The van der Waals surface area contributed by atoms with Crippen LogP contribution in [0.4, 0.5) is 10.1 Å². The lowest BCUT2D eigenvalue weighted by Gasteiger charge is -2.16. The van der Waals surface area contributed by atoms with E-state index in [1.807, 2.05) is 0 Å². The molecule has 0 unspecified atom stereocenters. The molecular weight excluding hydrogens is 259 g/mol. The van der Waals surface area contributed by atoms with E-state index in [2.05, 4.69) is 4.72 Å². The van der Waals surface area contributed by atoms with Crippen molar-refractivity contribution in [2.75, 3.05) is 12.3 Å². The number of nitrogens with two attached hydrogens (primary N) is 1. The Morgan fingerprint density at radius 2 is 2.11 bits per heavy atom. The molecule has 1 aromatic carbocycles. The summed E-state index contributed by atoms with van der Waals surface area (Å²) in [4.78, 5) is -0.0545. The minimum absolute atomic E-state index is 0.0545. The predicted molar refractivity (Wildman–Crippen MR) is 64.9 cm³/mol. The first-order valence-corrected chi connectivity index (χ1v) is 6.98. The minimum atomic E-state index is -3.79. The zero-order chi connectivity index (χ0) is 13.6. The lowest BCUT2D eigenvalue weighted by Crippen LogP contribution is -2.39. The number of anilines is 1. The Morgan fingerprint density at radius 1 is 1.50 bits per heavy atom. The Kier molecular flexibility index (Phi) is 3.08. The summed E-state index contributed by atoms with van der Waals surface area (Å²) in [6.07, 6.45) is 1.19. The molecule has 100 valence electrons. The van der Waals surface area contributed by atoms with E-state index < -0.39 is 21.4 Å². The number of hydrogen-bond donors (Lipinski definition) is 3. The van der Waals surface area contributed by atoms with Gasteiger partial charge in [-0.25, -0.2) is 17.5 Å². The molecule has 2 rings (SSSR count). The number of benzene rings is 1. The Labute approximate surface area is 105 Å². The molecule has 1 aliphatic rings. The Balaban J connectivity index is 2.39. The highest BCUT2D eigenvalue weighted by Crippen LogP contribution is 2.36. The summed E-state index contributed by atoms with van der Waals surface area (Å²) in [6, 6.07) is 2.18. The monoisotopic (exact) mass is 274 g/mol. The van der Waals surface area contributed by atoms with Gasteiger partial charge in [0, 0.05) is 0 Å². The highest BCUT2D eigenvalue weighted by Gasteiger charge is 2.45. The standard InChI is InChI=1S/C11H15FN2O3S/c1-7-4-8(12)9(13)5-10(7)18(16,17)14-11(6-15)2-3-11/h4-5,14-15H,2-3,6,13H2,1H3. The maximum absolute atomic E-state index is 13.2. The number of rotatable bonds is 4. The first-order chi connectivity index (χ1) is 8.30. The molecule has 1 aliphatic carbocycles. The van der Waals surface area contributed by atoms with Crippen molar-refractivity contribution in [3.63, 3.8) is 0 Å². The molecule has 1 fully saturated rings. The number of sulfonamides is 1. The molecular formula is C11H15FN2O3S. The third-order valence-corrected chi connectivity index (χ3v) is 4.81. The Hall–Kier alpha value is -1.18. The van der Waals surface area contributed by atoms with E-state index in [4.69, 9.17) is 10.8 Å². The molecule has 1 saturated carbocycles. The fraction of sp³-hybridized carbons (Fsp3) is 0.455. The quantitative estimate of drug-likeness (QED) is 0.698. The SMILES string of the molecule is Cc1cc(F)c(N)cc1S(=O)(=O)NC1(CO)CC1. The van der Waals surface area contributed by atoms with Crippen LogP contribution in [0.5, 0.6) is 0 Å². The van der Waals surface area contributed by atoms with E-state index >= 15 is 0 Å². The van der Waals surface area contributed by atoms with Gasteiger partial charge in [0.25, 0.3) is 0 Å². The molecule has 0 bridgehead atoms. The van der Waals surface area contributed by atoms with E-state index in [0.29, 0.717) is 12.8 Å². The number of aliphatic hydroxyl groups excluding tert-OH is 1. The van der Waals surface area contributed by atoms with Crippen LogP contribution >= 0.6 is 0 Å². The van der Waals surface area contributed by atoms with Crippen LogP contribution in [0.25, 0.3) is 0 Å². The number of nitrogen functional groups attached to an aromatic ring is 1. The van der Waals surface area contributed by atoms with Crippen molar-refractivity contribution in [2.45, 2.75) is 30.2 Å². The first-order valence-electron chi connectivity index (χ1n) is 5.50. The number of hydrogen-bond acceptors (Lipinski definition) is 4. The van der Waals surface area contributed by atoms with Crippen LogP contribution in [0.1, 0.15) is 18.4 Å². The number of aryl methyl sites for hydroxylation is 1. The summed E-state index contributed by atoms with van der Waals surface area (Å²) in [6.45, 7) is 1.25. The molecule has 0 atom stereocenters. The maximum atomic E-state index is 13.2. The largest absolute Gasteiger partial charge is 0.396 e. The summed E-state index contributed by atoms with van der Waals surface area (Å²) in [5, 5.41) is 9.12. The van der Waals surface area contributed by atoms with Gasteiger partial charge in [-0.1, -0.05) is 0 Å². The zero-order valence-electron chi connectivity index (χ0n) is 9.90. The van der Waals surface area contributed by atoms with Gasteiger partial charge in [-0.05, 0) is 37.5 Å². The van der Waals surface area contributed by atoms with Gasteiger partial charge in [0.2, 0.25) is 10.0 Å². The van der Waals surface area contributed by atoms with Crippen molar-refractivity contribution in [1.29, 1.82) is 0 Å². The highest BCUT2D eigenvalue weighted by molar-refractivity contribution is 7.89. The average molecular weight is 274 g/mol. The molecule has 0 spiro atoms. The van der Waals surface area contributed by atoms with E-state index in [1.165, 1.54) is 6.92 Å². The van der Waals surface area contributed by atoms with E-state index in [1.54, 1.807) is 0 Å². The minimum Gasteiger partial charge on any atom is -0.396 e. The first kappa shape index (κ1) is 13.3. The smallest absolute Gasteiger partial charge is 0.241 e. The van der Waals surface area contributed by atoms with Gasteiger partial charge in [-0.3, -0.25) is 0 Å². The molecule has 7 heteroatoms. The fourth-order valence-electron chi connectivity index (χ4n) is 1.74. The van der Waals surface area contributed by atoms with Crippen molar-refractivity contribution in [3.05, 3.63) is 23.5 Å². The van der Waals surface area contributed by atoms with Crippen LogP contribution in [-0.2, 0) is 10.0 Å². The zero-order valence-corrected chi connectivity index (χ0v) is 10.7. The molecule has 0 amide bonds. The maximum Gasteiger partial charge on any atom is 0.241 e. The topological polar surface area (TPSA) is 92.4 Å². The van der Waals surface area contributed by atoms with Crippen LogP contribution in [0, 0.1) is 12.7 Å². The fourth-order valence-corrected chi connectivity index (χ4v) is 3.46. The van der Waals surface area contributed by atoms with Gasteiger partial charge in [0.05, 0.1) is 22.7 Å². The van der Waals surface area contributed by atoms with Gasteiger partial charge in [0.1, 0.15) is 5.82 Å². The van der Waals surface area contributed by atoms with Gasteiger partial charge in [-0.15, -0.1) is 0 Å². The molecule has 4 N–H and O–H groups in total.